The highest BCUT2D eigenvalue weighted by Gasteiger charge is 2.47. The molecule has 0 spiro atoms. The minimum atomic E-state index is -4.31. The molecule has 1 N–H and O–H groups in total. The summed E-state index contributed by atoms with van der Waals surface area (Å²) >= 11 is 0. The van der Waals surface area contributed by atoms with Gasteiger partial charge in [-0.3, -0.25) is 0 Å². The first kappa shape index (κ1) is 14.7. The lowest BCUT2D eigenvalue weighted by molar-refractivity contribution is -0.256. The first-order valence-electron chi connectivity index (χ1n) is 5.91. The molecule has 0 radical (unpaired) electrons. The summed E-state index contributed by atoms with van der Waals surface area (Å²) < 4.78 is 47.5. The van der Waals surface area contributed by atoms with Crippen molar-refractivity contribution < 1.29 is 22.6 Å². The van der Waals surface area contributed by atoms with Gasteiger partial charge in [-0.1, -0.05) is 6.92 Å². The lowest BCUT2D eigenvalue weighted by Gasteiger charge is -2.44. The monoisotopic (exact) mass is 255 g/mol. The minimum absolute atomic E-state index is 0.0898. The van der Waals surface area contributed by atoms with Crippen LogP contribution in [0.1, 0.15) is 26.7 Å². The van der Waals surface area contributed by atoms with Gasteiger partial charge < -0.3 is 14.8 Å². The molecule has 17 heavy (non-hydrogen) atoms. The Morgan fingerprint density at radius 1 is 1.41 bits per heavy atom. The summed E-state index contributed by atoms with van der Waals surface area (Å²) in [5.41, 5.74) is 0. The average Bonchev–Trinajstić information content (AvgIpc) is 2.22. The Morgan fingerprint density at radius 3 is 2.53 bits per heavy atom. The first-order valence-corrected chi connectivity index (χ1v) is 5.91. The number of hydrogen-bond donors (Lipinski definition) is 1. The van der Waals surface area contributed by atoms with Gasteiger partial charge in [0.2, 0.25) is 0 Å². The topological polar surface area (TPSA) is 30.5 Å². The number of rotatable bonds is 6. The normalized spacial score (nSPS) is 31.1. The Kier molecular flexibility index (Phi) is 5.22. The van der Waals surface area contributed by atoms with Gasteiger partial charge in [-0.05, 0) is 26.8 Å². The molecule has 0 aromatic rings. The molecule has 4 unspecified atom stereocenters. The summed E-state index contributed by atoms with van der Waals surface area (Å²) in [6.45, 7) is 3.54. The van der Waals surface area contributed by atoms with Crippen molar-refractivity contribution in [2.24, 2.45) is 0 Å². The highest BCUT2D eigenvalue weighted by Crippen LogP contribution is 2.32. The molecular formula is C11H20F3NO2. The largest absolute Gasteiger partial charge is 0.414 e. The van der Waals surface area contributed by atoms with E-state index in [1.807, 2.05) is 6.92 Å². The maximum atomic E-state index is 12.3. The average molecular weight is 255 g/mol. The van der Waals surface area contributed by atoms with Crippen LogP contribution in [0.15, 0.2) is 0 Å². The number of alkyl halides is 3. The Morgan fingerprint density at radius 2 is 2.06 bits per heavy atom. The van der Waals surface area contributed by atoms with Crippen LogP contribution in [-0.2, 0) is 9.47 Å². The summed E-state index contributed by atoms with van der Waals surface area (Å²) in [6.07, 6.45) is -5.38. The SMILES string of the molecule is CCCOC1C(NC)CC1OC(C)C(F)(F)F. The second-order valence-corrected chi connectivity index (χ2v) is 4.32. The molecule has 0 saturated heterocycles. The van der Waals surface area contributed by atoms with Crippen molar-refractivity contribution in [1.82, 2.24) is 5.32 Å². The van der Waals surface area contributed by atoms with Gasteiger partial charge in [-0.25, -0.2) is 0 Å². The van der Waals surface area contributed by atoms with Gasteiger partial charge in [-0.15, -0.1) is 0 Å². The van der Waals surface area contributed by atoms with E-state index in [1.54, 1.807) is 7.05 Å². The highest BCUT2D eigenvalue weighted by atomic mass is 19.4. The highest BCUT2D eigenvalue weighted by molar-refractivity contribution is 4.97. The molecule has 0 aromatic carbocycles. The van der Waals surface area contributed by atoms with Crippen molar-refractivity contribution in [3.8, 4) is 0 Å². The molecule has 6 heteroatoms. The zero-order valence-electron chi connectivity index (χ0n) is 10.4. The maximum Gasteiger partial charge on any atom is 0.414 e. The zero-order valence-corrected chi connectivity index (χ0v) is 10.4. The number of nitrogens with one attached hydrogen (secondary N) is 1. The van der Waals surface area contributed by atoms with Crippen LogP contribution in [0, 0.1) is 0 Å². The van der Waals surface area contributed by atoms with Crippen LogP contribution in [0.3, 0.4) is 0 Å². The molecule has 1 fully saturated rings. The predicted molar refractivity (Wildman–Crippen MR) is 57.9 cm³/mol. The summed E-state index contributed by atoms with van der Waals surface area (Å²) in [5, 5.41) is 3.02. The Labute approximate surface area is 99.7 Å². The van der Waals surface area contributed by atoms with Gasteiger partial charge in [0.25, 0.3) is 0 Å². The van der Waals surface area contributed by atoms with Gasteiger partial charge in [0.15, 0.2) is 6.10 Å². The van der Waals surface area contributed by atoms with Crippen LogP contribution in [-0.4, -0.2) is 44.2 Å². The van der Waals surface area contributed by atoms with Gasteiger partial charge in [-0.2, -0.15) is 13.2 Å². The molecular weight excluding hydrogens is 235 g/mol. The summed E-state index contributed by atoms with van der Waals surface area (Å²) in [6, 6.07) is 0.0898. The molecule has 0 heterocycles. The van der Waals surface area contributed by atoms with E-state index < -0.39 is 18.4 Å². The fourth-order valence-electron chi connectivity index (χ4n) is 1.81. The van der Waals surface area contributed by atoms with E-state index >= 15 is 0 Å². The van der Waals surface area contributed by atoms with Crippen molar-refractivity contribution >= 4 is 0 Å². The van der Waals surface area contributed by atoms with Crippen LogP contribution in [0.2, 0.25) is 0 Å². The fraction of sp³-hybridized carbons (Fsp3) is 1.00. The van der Waals surface area contributed by atoms with Crippen molar-refractivity contribution in [3.63, 3.8) is 0 Å². The van der Waals surface area contributed by atoms with E-state index in [2.05, 4.69) is 5.32 Å². The third kappa shape index (κ3) is 3.82. The molecule has 1 saturated carbocycles. The van der Waals surface area contributed by atoms with E-state index in [0.717, 1.165) is 13.3 Å². The van der Waals surface area contributed by atoms with Crippen LogP contribution in [0.5, 0.6) is 0 Å². The molecule has 1 aliphatic carbocycles. The number of likely N-dealkylation sites (N-methyl/N-ethyl adjacent to an activating group) is 1. The van der Waals surface area contributed by atoms with Crippen LogP contribution < -0.4 is 5.32 Å². The van der Waals surface area contributed by atoms with Gasteiger partial charge in [0.05, 0.1) is 12.2 Å². The molecule has 0 bridgehead atoms. The fourth-order valence-corrected chi connectivity index (χ4v) is 1.81. The van der Waals surface area contributed by atoms with Crippen LogP contribution in [0.4, 0.5) is 13.2 Å². The molecule has 1 rings (SSSR count). The van der Waals surface area contributed by atoms with Gasteiger partial charge in [0.1, 0.15) is 0 Å². The quantitative estimate of drug-likeness (QED) is 0.788. The Balaban J connectivity index is 2.43. The van der Waals surface area contributed by atoms with Crippen molar-refractivity contribution in [2.75, 3.05) is 13.7 Å². The predicted octanol–water partition coefficient (Wildman–Crippen LogP) is 2.11. The molecule has 1 aliphatic rings. The Bertz CT molecular complexity index is 235. The van der Waals surface area contributed by atoms with Crippen LogP contribution in [0.25, 0.3) is 0 Å². The second kappa shape index (κ2) is 6.02. The maximum absolute atomic E-state index is 12.3. The lowest BCUT2D eigenvalue weighted by atomic mass is 9.85. The third-order valence-corrected chi connectivity index (χ3v) is 2.97. The van der Waals surface area contributed by atoms with E-state index in [-0.39, 0.29) is 12.1 Å². The van der Waals surface area contributed by atoms with Gasteiger partial charge >= 0.3 is 6.18 Å². The Hall–Kier alpha value is -0.330. The standard InChI is InChI=1S/C11H20F3NO2/c1-4-5-16-10-8(15-3)6-9(10)17-7(2)11(12,13)14/h7-10,15H,4-6H2,1-3H3. The molecule has 102 valence electrons. The summed E-state index contributed by atoms with van der Waals surface area (Å²) in [4.78, 5) is 0. The zero-order chi connectivity index (χ0) is 13.1. The second-order valence-electron chi connectivity index (χ2n) is 4.32. The number of ether oxygens (including phenoxy) is 2. The first-order chi connectivity index (χ1) is 7.90. The molecule has 0 amide bonds. The summed E-state index contributed by atoms with van der Waals surface area (Å²) in [5.74, 6) is 0. The van der Waals surface area contributed by atoms with E-state index in [1.165, 1.54) is 0 Å². The lowest BCUT2D eigenvalue weighted by Crippen LogP contribution is -2.60. The molecule has 4 atom stereocenters. The number of hydrogen-bond acceptors (Lipinski definition) is 3. The molecule has 0 aliphatic heterocycles. The molecule has 0 aromatic heterocycles. The van der Waals surface area contributed by atoms with E-state index in [9.17, 15) is 13.2 Å². The van der Waals surface area contributed by atoms with Crippen molar-refractivity contribution in [2.45, 2.75) is 57.2 Å². The molecule has 3 nitrogen and oxygen atoms in total. The summed E-state index contributed by atoms with van der Waals surface area (Å²) in [7, 11) is 1.77. The third-order valence-electron chi connectivity index (χ3n) is 2.97. The van der Waals surface area contributed by atoms with E-state index in [4.69, 9.17) is 9.47 Å². The smallest absolute Gasteiger partial charge is 0.374 e. The number of halogens is 3. The van der Waals surface area contributed by atoms with E-state index in [0.29, 0.717) is 13.0 Å². The van der Waals surface area contributed by atoms with Crippen LogP contribution >= 0.6 is 0 Å². The van der Waals surface area contributed by atoms with Crippen molar-refractivity contribution in [1.29, 1.82) is 0 Å². The van der Waals surface area contributed by atoms with Crippen molar-refractivity contribution in [3.05, 3.63) is 0 Å². The minimum Gasteiger partial charge on any atom is -0.374 e. The van der Waals surface area contributed by atoms with Gasteiger partial charge in [0, 0.05) is 12.6 Å².